The molecule has 0 aliphatic rings. The number of ether oxygens (including phenoxy) is 1. The van der Waals surface area contributed by atoms with Gasteiger partial charge in [-0.2, -0.15) is 0 Å². The second kappa shape index (κ2) is 6.70. The van der Waals surface area contributed by atoms with Gasteiger partial charge in [-0.1, -0.05) is 18.2 Å². The Kier molecular flexibility index (Phi) is 4.71. The highest BCUT2D eigenvalue weighted by molar-refractivity contribution is 5.78. The third kappa shape index (κ3) is 3.82. The van der Waals surface area contributed by atoms with E-state index in [0.29, 0.717) is 6.42 Å². The first-order valence-corrected chi connectivity index (χ1v) is 6.52. The Morgan fingerprint density at radius 2 is 2.00 bits per heavy atom. The Balaban J connectivity index is 1.93. The molecule has 0 bridgehead atoms. The lowest BCUT2D eigenvalue weighted by atomic mass is 10.1. The second-order valence-electron chi connectivity index (χ2n) is 4.56. The Hall–Kier alpha value is -2.36. The summed E-state index contributed by atoms with van der Waals surface area (Å²) in [6.07, 6.45) is 1.98. The summed E-state index contributed by atoms with van der Waals surface area (Å²) in [6, 6.07) is 13.2. The molecule has 0 aliphatic carbocycles. The van der Waals surface area contributed by atoms with E-state index in [1.165, 1.54) is 0 Å². The van der Waals surface area contributed by atoms with Gasteiger partial charge in [-0.3, -0.25) is 9.78 Å². The van der Waals surface area contributed by atoms with Gasteiger partial charge in [-0.25, -0.2) is 0 Å². The summed E-state index contributed by atoms with van der Waals surface area (Å²) in [4.78, 5) is 16.1. The van der Waals surface area contributed by atoms with Crippen molar-refractivity contribution in [1.29, 1.82) is 0 Å². The smallest absolute Gasteiger partial charge is 0.226 e. The molecule has 20 heavy (non-hydrogen) atoms. The summed E-state index contributed by atoms with van der Waals surface area (Å²) in [5.41, 5.74) is 1.81. The molecular formula is C16H18N2O2. The lowest BCUT2D eigenvalue weighted by Gasteiger charge is -2.14. The number of benzene rings is 1. The predicted molar refractivity (Wildman–Crippen MR) is 77.5 cm³/mol. The normalized spacial score (nSPS) is 11.7. The van der Waals surface area contributed by atoms with E-state index in [-0.39, 0.29) is 11.9 Å². The predicted octanol–water partition coefficient (Wildman–Crippen LogP) is 2.51. The molecule has 1 amide bonds. The fourth-order valence-electron chi connectivity index (χ4n) is 1.94. The number of rotatable bonds is 5. The number of pyridine rings is 1. The van der Waals surface area contributed by atoms with Crippen molar-refractivity contribution >= 4 is 5.91 Å². The van der Waals surface area contributed by atoms with E-state index in [4.69, 9.17) is 4.74 Å². The van der Waals surface area contributed by atoms with E-state index in [9.17, 15) is 4.79 Å². The van der Waals surface area contributed by atoms with Gasteiger partial charge in [0.05, 0.1) is 19.6 Å². The Bertz CT molecular complexity index is 552. The molecule has 1 atom stereocenters. The van der Waals surface area contributed by atoms with Crippen LogP contribution in [-0.4, -0.2) is 18.0 Å². The monoisotopic (exact) mass is 270 g/mol. The van der Waals surface area contributed by atoms with Crippen molar-refractivity contribution in [3.8, 4) is 5.75 Å². The van der Waals surface area contributed by atoms with Crippen LogP contribution in [0.1, 0.15) is 24.2 Å². The second-order valence-corrected chi connectivity index (χ2v) is 4.56. The Morgan fingerprint density at radius 1 is 1.25 bits per heavy atom. The third-order valence-electron chi connectivity index (χ3n) is 3.06. The number of carbonyl (C=O) groups is 1. The standard InChI is InChI=1S/C16H18N2O2/c1-12(13-6-8-15(20-2)9-7-13)18-16(19)11-14-5-3-4-10-17-14/h3-10,12H,11H2,1-2H3,(H,18,19). The molecule has 2 rings (SSSR count). The highest BCUT2D eigenvalue weighted by Gasteiger charge is 2.10. The summed E-state index contributed by atoms with van der Waals surface area (Å²) >= 11 is 0. The van der Waals surface area contributed by atoms with Crippen molar-refractivity contribution in [3.05, 3.63) is 59.9 Å². The van der Waals surface area contributed by atoms with Crippen molar-refractivity contribution in [3.63, 3.8) is 0 Å². The molecule has 4 nitrogen and oxygen atoms in total. The zero-order valence-corrected chi connectivity index (χ0v) is 11.7. The molecule has 1 heterocycles. The van der Waals surface area contributed by atoms with Gasteiger partial charge in [0, 0.05) is 11.9 Å². The number of nitrogens with zero attached hydrogens (tertiary/aromatic N) is 1. The van der Waals surface area contributed by atoms with Crippen LogP contribution in [0.5, 0.6) is 5.75 Å². The molecule has 0 aliphatic heterocycles. The first kappa shape index (κ1) is 14.1. The minimum atomic E-state index is -0.0443. The molecule has 0 saturated heterocycles. The van der Waals surface area contributed by atoms with E-state index in [0.717, 1.165) is 17.0 Å². The van der Waals surface area contributed by atoms with E-state index in [1.807, 2.05) is 49.4 Å². The van der Waals surface area contributed by atoms with Crippen LogP contribution in [0.15, 0.2) is 48.7 Å². The van der Waals surface area contributed by atoms with E-state index in [1.54, 1.807) is 13.3 Å². The van der Waals surface area contributed by atoms with Gasteiger partial charge < -0.3 is 10.1 Å². The highest BCUT2D eigenvalue weighted by Crippen LogP contribution is 2.17. The molecule has 1 aromatic heterocycles. The topological polar surface area (TPSA) is 51.2 Å². The van der Waals surface area contributed by atoms with Crippen LogP contribution in [0.2, 0.25) is 0 Å². The number of nitrogens with one attached hydrogen (secondary N) is 1. The zero-order valence-electron chi connectivity index (χ0n) is 11.7. The lowest BCUT2D eigenvalue weighted by molar-refractivity contribution is -0.121. The van der Waals surface area contributed by atoms with Gasteiger partial charge in [-0.15, -0.1) is 0 Å². The van der Waals surface area contributed by atoms with Crippen LogP contribution in [0.4, 0.5) is 0 Å². The van der Waals surface area contributed by atoms with Crippen LogP contribution in [0.25, 0.3) is 0 Å². The number of amides is 1. The maximum absolute atomic E-state index is 11.9. The van der Waals surface area contributed by atoms with Gasteiger partial charge >= 0.3 is 0 Å². The minimum Gasteiger partial charge on any atom is -0.497 e. The van der Waals surface area contributed by atoms with Crippen LogP contribution in [0.3, 0.4) is 0 Å². The fourth-order valence-corrected chi connectivity index (χ4v) is 1.94. The maximum Gasteiger partial charge on any atom is 0.226 e. The Labute approximate surface area is 118 Å². The SMILES string of the molecule is COc1ccc(C(C)NC(=O)Cc2ccccn2)cc1. The Morgan fingerprint density at radius 3 is 2.60 bits per heavy atom. The van der Waals surface area contributed by atoms with E-state index < -0.39 is 0 Å². The molecular weight excluding hydrogens is 252 g/mol. The molecule has 2 aromatic rings. The van der Waals surface area contributed by atoms with Crippen molar-refractivity contribution in [1.82, 2.24) is 10.3 Å². The average molecular weight is 270 g/mol. The number of hydrogen-bond acceptors (Lipinski definition) is 3. The van der Waals surface area contributed by atoms with Crippen molar-refractivity contribution < 1.29 is 9.53 Å². The van der Waals surface area contributed by atoms with Gasteiger partial charge in [0.2, 0.25) is 5.91 Å². The van der Waals surface area contributed by atoms with Gasteiger partial charge in [-0.05, 0) is 36.8 Å². The zero-order chi connectivity index (χ0) is 14.4. The summed E-state index contributed by atoms with van der Waals surface area (Å²) in [6.45, 7) is 1.96. The number of hydrogen-bond donors (Lipinski definition) is 1. The molecule has 1 aromatic carbocycles. The van der Waals surface area contributed by atoms with Crippen molar-refractivity contribution in [2.45, 2.75) is 19.4 Å². The van der Waals surface area contributed by atoms with Crippen LogP contribution >= 0.6 is 0 Å². The van der Waals surface area contributed by atoms with E-state index in [2.05, 4.69) is 10.3 Å². The fraction of sp³-hybridized carbons (Fsp3) is 0.250. The van der Waals surface area contributed by atoms with Gasteiger partial charge in [0.25, 0.3) is 0 Å². The molecule has 1 unspecified atom stereocenters. The van der Waals surface area contributed by atoms with Crippen molar-refractivity contribution in [2.75, 3.05) is 7.11 Å². The molecule has 0 spiro atoms. The first-order chi connectivity index (χ1) is 9.69. The third-order valence-corrected chi connectivity index (χ3v) is 3.06. The van der Waals surface area contributed by atoms with E-state index >= 15 is 0 Å². The molecule has 0 radical (unpaired) electrons. The largest absolute Gasteiger partial charge is 0.497 e. The molecule has 0 saturated carbocycles. The maximum atomic E-state index is 11.9. The van der Waals surface area contributed by atoms with Gasteiger partial charge in [0.15, 0.2) is 0 Å². The number of carbonyl (C=O) groups excluding carboxylic acids is 1. The summed E-state index contributed by atoms with van der Waals surface area (Å²) in [7, 11) is 1.63. The van der Waals surface area contributed by atoms with Crippen LogP contribution in [0, 0.1) is 0 Å². The quantitative estimate of drug-likeness (QED) is 0.908. The lowest BCUT2D eigenvalue weighted by Crippen LogP contribution is -2.28. The molecule has 0 fully saturated rings. The number of methoxy groups -OCH3 is 1. The molecule has 1 N–H and O–H groups in total. The molecule has 4 heteroatoms. The van der Waals surface area contributed by atoms with Crippen molar-refractivity contribution in [2.24, 2.45) is 0 Å². The minimum absolute atomic E-state index is 0.0352. The first-order valence-electron chi connectivity index (χ1n) is 6.52. The summed E-state index contributed by atoms with van der Waals surface area (Å²) < 4.78 is 5.11. The average Bonchev–Trinajstić information content (AvgIpc) is 2.48. The van der Waals surface area contributed by atoms with Crippen LogP contribution in [-0.2, 0) is 11.2 Å². The summed E-state index contributed by atoms with van der Waals surface area (Å²) in [5.74, 6) is 0.771. The van der Waals surface area contributed by atoms with Gasteiger partial charge in [0.1, 0.15) is 5.75 Å². The highest BCUT2D eigenvalue weighted by atomic mass is 16.5. The summed E-state index contributed by atoms with van der Waals surface area (Å²) in [5, 5.41) is 2.96. The number of aromatic nitrogens is 1. The van der Waals surface area contributed by atoms with Crippen LogP contribution < -0.4 is 10.1 Å². The molecule has 104 valence electrons.